The van der Waals surface area contributed by atoms with Gasteiger partial charge in [0.15, 0.2) is 0 Å². The average Bonchev–Trinajstić information content (AvgIpc) is 2.38. The van der Waals surface area contributed by atoms with Crippen LogP contribution in [0.4, 0.5) is 5.95 Å². The number of nitrogens with zero attached hydrogens (tertiary/aromatic N) is 3. The van der Waals surface area contributed by atoms with Crippen molar-refractivity contribution < 1.29 is 4.79 Å². The first-order valence-electron chi connectivity index (χ1n) is 6.30. The van der Waals surface area contributed by atoms with Gasteiger partial charge in [0.1, 0.15) is 0 Å². The van der Waals surface area contributed by atoms with E-state index in [4.69, 9.17) is 0 Å². The Morgan fingerprint density at radius 3 is 2.44 bits per heavy atom. The molecule has 0 radical (unpaired) electrons. The highest BCUT2D eigenvalue weighted by Crippen LogP contribution is 2.07. The zero-order chi connectivity index (χ0) is 13.5. The van der Waals surface area contributed by atoms with E-state index in [9.17, 15) is 4.79 Å². The minimum atomic E-state index is -0.130. The van der Waals surface area contributed by atoms with Gasteiger partial charge in [-0.3, -0.25) is 10.1 Å². The molecule has 0 aromatic carbocycles. The molecule has 6 nitrogen and oxygen atoms in total. The van der Waals surface area contributed by atoms with Crippen LogP contribution in [0.25, 0.3) is 0 Å². The maximum Gasteiger partial charge on any atom is 0.249 e. The monoisotopic (exact) mass is 251 g/mol. The summed E-state index contributed by atoms with van der Waals surface area (Å²) in [5.41, 5.74) is 1.78. The molecule has 0 spiro atoms. The SMILES string of the molecule is CCc1nnc(NC(=O)C(C)CNC)nc1CC. The first kappa shape index (κ1) is 14.5. The van der Waals surface area contributed by atoms with Crippen LogP contribution in [0.5, 0.6) is 0 Å². The summed E-state index contributed by atoms with van der Waals surface area (Å²) < 4.78 is 0. The van der Waals surface area contributed by atoms with Crippen LogP contribution in [-0.4, -0.2) is 34.7 Å². The first-order valence-corrected chi connectivity index (χ1v) is 6.30. The summed E-state index contributed by atoms with van der Waals surface area (Å²) >= 11 is 0. The Morgan fingerprint density at radius 2 is 1.89 bits per heavy atom. The van der Waals surface area contributed by atoms with Crippen molar-refractivity contribution in [3.05, 3.63) is 11.4 Å². The summed E-state index contributed by atoms with van der Waals surface area (Å²) in [7, 11) is 1.81. The molecular formula is C12H21N5O. The fourth-order valence-corrected chi connectivity index (χ4v) is 1.62. The topological polar surface area (TPSA) is 79.8 Å². The molecular weight excluding hydrogens is 230 g/mol. The van der Waals surface area contributed by atoms with Gasteiger partial charge >= 0.3 is 0 Å². The van der Waals surface area contributed by atoms with Gasteiger partial charge in [-0.15, -0.1) is 10.2 Å². The summed E-state index contributed by atoms with van der Waals surface area (Å²) in [6.07, 6.45) is 1.58. The van der Waals surface area contributed by atoms with E-state index >= 15 is 0 Å². The second-order valence-electron chi connectivity index (χ2n) is 4.18. The van der Waals surface area contributed by atoms with Gasteiger partial charge in [0, 0.05) is 12.5 Å². The molecule has 0 saturated carbocycles. The van der Waals surface area contributed by atoms with Crippen molar-refractivity contribution in [2.75, 3.05) is 18.9 Å². The maximum absolute atomic E-state index is 11.8. The van der Waals surface area contributed by atoms with Gasteiger partial charge in [-0.1, -0.05) is 20.8 Å². The number of rotatable bonds is 6. The van der Waals surface area contributed by atoms with Crippen LogP contribution >= 0.6 is 0 Å². The van der Waals surface area contributed by atoms with Gasteiger partial charge in [0.25, 0.3) is 0 Å². The lowest BCUT2D eigenvalue weighted by molar-refractivity contribution is -0.119. The number of nitrogens with one attached hydrogen (secondary N) is 2. The standard InChI is InChI=1S/C12H21N5O/c1-5-9-10(6-2)16-17-12(14-9)15-11(18)8(3)7-13-4/h8,13H,5-7H2,1-4H3,(H,14,15,17,18). The number of hydrogen-bond acceptors (Lipinski definition) is 5. The lowest BCUT2D eigenvalue weighted by Crippen LogP contribution is -2.29. The predicted octanol–water partition coefficient (Wildman–Crippen LogP) is 0.790. The van der Waals surface area contributed by atoms with Crippen molar-refractivity contribution >= 4 is 11.9 Å². The summed E-state index contributed by atoms with van der Waals surface area (Å²) in [4.78, 5) is 16.1. The number of hydrogen-bond donors (Lipinski definition) is 2. The van der Waals surface area contributed by atoms with Crippen molar-refractivity contribution in [2.24, 2.45) is 5.92 Å². The number of carbonyl (C=O) groups is 1. The third-order valence-electron chi connectivity index (χ3n) is 2.70. The molecule has 1 unspecified atom stereocenters. The predicted molar refractivity (Wildman–Crippen MR) is 70.3 cm³/mol. The Balaban J connectivity index is 2.76. The lowest BCUT2D eigenvalue weighted by atomic mass is 10.1. The van der Waals surface area contributed by atoms with E-state index in [0.717, 1.165) is 24.2 Å². The summed E-state index contributed by atoms with van der Waals surface area (Å²) in [5.74, 6) is 0.0592. The zero-order valence-corrected chi connectivity index (χ0v) is 11.4. The van der Waals surface area contributed by atoms with E-state index < -0.39 is 0 Å². The smallest absolute Gasteiger partial charge is 0.249 e. The summed E-state index contributed by atoms with van der Waals surface area (Å²) in [6, 6.07) is 0. The molecule has 2 N–H and O–H groups in total. The molecule has 18 heavy (non-hydrogen) atoms. The minimum absolute atomic E-state index is 0.0996. The van der Waals surface area contributed by atoms with Crippen molar-refractivity contribution in [3.63, 3.8) is 0 Å². The fraction of sp³-hybridized carbons (Fsp3) is 0.667. The lowest BCUT2D eigenvalue weighted by Gasteiger charge is -2.11. The van der Waals surface area contributed by atoms with E-state index in [1.807, 2.05) is 27.8 Å². The zero-order valence-electron chi connectivity index (χ0n) is 11.4. The van der Waals surface area contributed by atoms with Gasteiger partial charge in [0.2, 0.25) is 11.9 Å². The van der Waals surface area contributed by atoms with E-state index in [2.05, 4.69) is 25.8 Å². The van der Waals surface area contributed by atoms with E-state index in [1.54, 1.807) is 0 Å². The molecule has 1 aromatic heterocycles. The number of carbonyl (C=O) groups excluding carboxylic acids is 1. The molecule has 100 valence electrons. The quantitative estimate of drug-likeness (QED) is 0.781. The molecule has 0 saturated heterocycles. The second-order valence-corrected chi connectivity index (χ2v) is 4.18. The molecule has 1 atom stereocenters. The Hall–Kier alpha value is -1.56. The highest BCUT2D eigenvalue weighted by molar-refractivity contribution is 5.90. The Kier molecular flexibility index (Phi) is 5.64. The van der Waals surface area contributed by atoms with Crippen LogP contribution in [0.2, 0.25) is 0 Å². The number of aryl methyl sites for hydroxylation is 2. The van der Waals surface area contributed by atoms with Crippen molar-refractivity contribution in [3.8, 4) is 0 Å². The van der Waals surface area contributed by atoms with Gasteiger partial charge in [-0.05, 0) is 19.9 Å². The minimum Gasteiger partial charge on any atom is -0.319 e. The van der Waals surface area contributed by atoms with E-state index in [1.165, 1.54) is 0 Å². The molecule has 0 fully saturated rings. The molecule has 0 bridgehead atoms. The highest BCUT2D eigenvalue weighted by atomic mass is 16.2. The largest absolute Gasteiger partial charge is 0.319 e. The maximum atomic E-state index is 11.8. The molecule has 0 aliphatic heterocycles. The van der Waals surface area contributed by atoms with Gasteiger partial charge in [-0.25, -0.2) is 4.98 Å². The van der Waals surface area contributed by atoms with E-state index in [-0.39, 0.29) is 17.8 Å². The highest BCUT2D eigenvalue weighted by Gasteiger charge is 2.14. The number of anilines is 1. The van der Waals surface area contributed by atoms with Crippen LogP contribution < -0.4 is 10.6 Å². The fourth-order valence-electron chi connectivity index (χ4n) is 1.62. The van der Waals surface area contributed by atoms with Gasteiger partial charge < -0.3 is 5.32 Å². The van der Waals surface area contributed by atoms with Gasteiger partial charge in [0.05, 0.1) is 11.4 Å². The van der Waals surface area contributed by atoms with Crippen LogP contribution in [0, 0.1) is 5.92 Å². The van der Waals surface area contributed by atoms with Crippen molar-refractivity contribution in [2.45, 2.75) is 33.6 Å². The van der Waals surface area contributed by atoms with Crippen molar-refractivity contribution in [1.29, 1.82) is 0 Å². The third kappa shape index (κ3) is 3.73. The molecule has 1 heterocycles. The molecule has 1 amide bonds. The Labute approximate surface area is 108 Å². The Morgan fingerprint density at radius 1 is 1.22 bits per heavy atom. The van der Waals surface area contributed by atoms with E-state index in [0.29, 0.717) is 6.54 Å². The van der Waals surface area contributed by atoms with Crippen LogP contribution in [0.1, 0.15) is 32.2 Å². The molecule has 1 rings (SSSR count). The summed E-state index contributed by atoms with van der Waals surface area (Å²) in [6.45, 7) is 6.49. The van der Waals surface area contributed by atoms with Gasteiger partial charge in [-0.2, -0.15) is 0 Å². The Bertz CT molecular complexity index is 407. The first-order chi connectivity index (χ1) is 8.62. The second kappa shape index (κ2) is 7.00. The van der Waals surface area contributed by atoms with Crippen LogP contribution in [0.15, 0.2) is 0 Å². The van der Waals surface area contributed by atoms with Crippen LogP contribution in [-0.2, 0) is 17.6 Å². The normalized spacial score (nSPS) is 12.2. The molecule has 0 aliphatic rings. The number of aromatic nitrogens is 3. The average molecular weight is 251 g/mol. The molecule has 6 heteroatoms. The molecule has 0 aliphatic carbocycles. The van der Waals surface area contributed by atoms with Crippen LogP contribution in [0.3, 0.4) is 0 Å². The molecule has 1 aromatic rings. The number of amides is 1. The third-order valence-corrected chi connectivity index (χ3v) is 2.70. The summed E-state index contributed by atoms with van der Waals surface area (Å²) in [5, 5.41) is 13.7. The van der Waals surface area contributed by atoms with Crippen molar-refractivity contribution in [1.82, 2.24) is 20.5 Å².